The molecule has 0 heterocycles. The molecule has 0 aliphatic rings. The van der Waals surface area contributed by atoms with Crippen LogP contribution in [0.25, 0.3) is 0 Å². The van der Waals surface area contributed by atoms with Crippen molar-refractivity contribution >= 4 is 41.1 Å². The molecular weight excluding hydrogens is 242 g/mol. The second kappa shape index (κ2) is 4.09. The van der Waals surface area contributed by atoms with Crippen LogP contribution in [0.4, 0.5) is 0 Å². The topological polar surface area (TPSA) is 17.1 Å². The van der Waals surface area contributed by atoms with Gasteiger partial charge in [-0.25, -0.2) is 0 Å². The predicted molar refractivity (Wildman–Crippen MR) is 60.1 cm³/mol. The largest absolute Gasteiger partial charge is 0.300 e. The van der Waals surface area contributed by atoms with Gasteiger partial charge in [0.25, 0.3) is 0 Å². The number of aldehydes is 1. The summed E-state index contributed by atoms with van der Waals surface area (Å²) in [6, 6.07) is 9.02. The lowest BCUT2D eigenvalue weighted by Crippen LogP contribution is -2.37. The monoisotopic (exact) mass is 250 g/mol. The molecule has 0 aliphatic heterocycles. The molecule has 1 aromatic rings. The minimum absolute atomic E-state index is 0.441. The van der Waals surface area contributed by atoms with Crippen LogP contribution in [0.2, 0.25) is 0 Å². The molecule has 0 aliphatic carbocycles. The molecule has 14 heavy (non-hydrogen) atoms. The molecule has 0 bridgehead atoms. The van der Waals surface area contributed by atoms with Crippen LogP contribution < -0.4 is 0 Å². The van der Waals surface area contributed by atoms with Crippen molar-refractivity contribution in [2.24, 2.45) is 0 Å². The van der Waals surface area contributed by atoms with Crippen LogP contribution >= 0.6 is 34.8 Å². The van der Waals surface area contributed by atoms with E-state index in [1.54, 1.807) is 19.1 Å². The quantitative estimate of drug-likeness (QED) is 0.593. The lowest BCUT2D eigenvalue weighted by molar-refractivity contribution is -0.109. The van der Waals surface area contributed by atoms with Gasteiger partial charge in [-0.3, -0.25) is 4.79 Å². The van der Waals surface area contributed by atoms with Gasteiger partial charge in [0.05, 0.1) is 0 Å². The van der Waals surface area contributed by atoms with Crippen molar-refractivity contribution in [3.8, 4) is 0 Å². The molecule has 4 heteroatoms. The first-order valence-corrected chi connectivity index (χ1v) is 5.14. The average molecular weight is 252 g/mol. The van der Waals surface area contributed by atoms with Crippen LogP contribution in [0.15, 0.2) is 30.3 Å². The predicted octanol–water partition coefficient (Wildman–Crippen LogP) is 3.51. The highest BCUT2D eigenvalue weighted by molar-refractivity contribution is 6.60. The fourth-order valence-corrected chi connectivity index (χ4v) is 1.44. The number of rotatable bonds is 3. The summed E-state index contributed by atoms with van der Waals surface area (Å²) in [5, 5.41) is 0. The number of carbonyl (C=O) groups is 1. The Balaban J connectivity index is 3.14. The third kappa shape index (κ3) is 2.05. The lowest BCUT2D eigenvalue weighted by atomic mass is 9.96. The number of benzene rings is 1. The van der Waals surface area contributed by atoms with Crippen molar-refractivity contribution in [3.63, 3.8) is 0 Å². The molecule has 1 aromatic carbocycles. The molecule has 76 valence electrons. The second-order valence-electron chi connectivity index (χ2n) is 3.11. The summed E-state index contributed by atoms with van der Waals surface area (Å²) in [5.41, 5.74) is 0.707. The SMILES string of the molecule is CC(Cl)(c1ccccc1)C(Cl)(Cl)C=O. The molecule has 1 unspecified atom stereocenters. The summed E-state index contributed by atoms with van der Waals surface area (Å²) < 4.78 is -1.63. The summed E-state index contributed by atoms with van der Waals surface area (Å²) in [5.74, 6) is 0. The molecule has 0 fully saturated rings. The highest BCUT2D eigenvalue weighted by atomic mass is 35.5. The maximum atomic E-state index is 10.7. The number of alkyl halides is 3. The second-order valence-corrected chi connectivity index (χ2v) is 5.25. The maximum absolute atomic E-state index is 10.7. The van der Waals surface area contributed by atoms with Gasteiger partial charge in [-0.2, -0.15) is 0 Å². The molecule has 0 saturated carbocycles. The van der Waals surface area contributed by atoms with Crippen molar-refractivity contribution in [2.75, 3.05) is 0 Å². The van der Waals surface area contributed by atoms with Gasteiger partial charge in [-0.05, 0) is 12.5 Å². The van der Waals surface area contributed by atoms with Crippen molar-refractivity contribution in [2.45, 2.75) is 16.1 Å². The zero-order valence-electron chi connectivity index (χ0n) is 7.51. The van der Waals surface area contributed by atoms with Crippen LogP contribution in [0, 0.1) is 0 Å². The summed E-state index contributed by atoms with van der Waals surface area (Å²) in [6.07, 6.45) is 0.441. The van der Waals surface area contributed by atoms with Crippen LogP contribution in [-0.2, 0) is 9.67 Å². The zero-order chi connectivity index (χ0) is 10.8. The number of hydrogen-bond acceptors (Lipinski definition) is 1. The third-order valence-electron chi connectivity index (χ3n) is 2.09. The first-order chi connectivity index (χ1) is 6.42. The van der Waals surface area contributed by atoms with Gasteiger partial charge in [0.1, 0.15) is 4.87 Å². The van der Waals surface area contributed by atoms with E-state index in [9.17, 15) is 4.79 Å². The standard InChI is InChI=1S/C10H9Cl3O/c1-9(11,10(12,13)7-14)8-5-3-2-4-6-8/h2-7H,1H3. The Kier molecular flexibility index (Phi) is 3.46. The van der Waals surface area contributed by atoms with Gasteiger partial charge < -0.3 is 0 Å². The maximum Gasteiger partial charge on any atom is 0.195 e. The third-order valence-corrected chi connectivity index (χ3v) is 3.73. The molecule has 1 atom stereocenters. The average Bonchev–Trinajstić information content (AvgIpc) is 2.19. The molecule has 1 rings (SSSR count). The Labute approximate surface area is 98.0 Å². The molecule has 0 saturated heterocycles. The molecule has 1 nitrogen and oxygen atoms in total. The van der Waals surface area contributed by atoms with Crippen LogP contribution in [0.5, 0.6) is 0 Å². The van der Waals surface area contributed by atoms with Gasteiger partial charge in [0.15, 0.2) is 10.6 Å². The summed E-state index contributed by atoms with van der Waals surface area (Å²) >= 11 is 17.8. The summed E-state index contributed by atoms with van der Waals surface area (Å²) in [7, 11) is 0. The Morgan fingerprint density at radius 2 is 1.64 bits per heavy atom. The van der Waals surface area contributed by atoms with Crippen molar-refractivity contribution in [1.82, 2.24) is 0 Å². The van der Waals surface area contributed by atoms with E-state index in [4.69, 9.17) is 34.8 Å². The van der Waals surface area contributed by atoms with E-state index in [0.29, 0.717) is 11.8 Å². The van der Waals surface area contributed by atoms with Gasteiger partial charge in [0, 0.05) is 0 Å². The highest BCUT2D eigenvalue weighted by Crippen LogP contribution is 2.45. The zero-order valence-corrected chi connectivity index (χ0v) is 9.77. The first-order valence-electron chi connectivity index (χ1n) is 4.00. The van der Waals surface area contributed by atoms with Gasteiger partial charge >= 0.3 is 0 Å². The molecule has 0 amide bonds. The molecule has 0 spiro atoms. The first kappa shape index (κ1) is 11.8. The minimum atomic E-state index is -1.63. The normalized spacial score (nSPS) is 16.0. The minimum Gasteiger partial charge on any atom is -0.300 e. The Morgan fingerprint density at radius 1 is 1.14 bits per heavy atom. The smallest absolute Gasteiger partial charge is 0.195 e. The van der Waals surface area contributed by atoms with Gasteiger partial charge in [0.2, 0.25) is 0 Å². The van der Waals surface area contributed by atoms with E-state index in [1.165, 1.54) is 0 Å². The van der Waals surface area contributed by atoms with Crippen LogP contribution in [0.3, 0.4) is 0 Å². The molecule has 0 aromatic heterocycles. The van der Waals surface area contributed by atoms with Crippen LogP contribution in [-0.4, -0.2) is 10.6 Å². The Morgan fingerprint density at radius 3 is 2.07 bits per heavy atom. The lowest BCUT2D eigenvalue weighted by Gasteiger charge is -2.30. The number of carbonyl (C=O) groups excluding carboxylic acids is 1. The van der Waals surface area contributed by atoms with E-state index in [-0.39, 0.29) is 0 Å². The van der Waals surface area contributed by atoms with Crippen molar-refractivity contribution in [3.05, 3.63) is 35.9 Å². The van der Waals surface area contributed by atoms with Crippen LogP contribution in [0.1, 0.15) is 12.5 Å². The van der Waals surface area contributed by atoms with Gasteiger partial charge in [-0.1, -0.05) is 53.5 Å². The fourth-order valence-electron chi connectivity index (χ4n) is 1.05. The number of halogens is 3. The van der Waals surface area contributed by atoms with Crippen molar-refractivity contribution < 1.29 is 4.79 Å². The molecule has 0 N–H and O–H groups in total. The van der Waals surface area contributed by atoms with E-state index in [2.05, 4.69) is 0 Å². The Hall–Kier alpha value is -0.240. The van der Waals surface area contributed by atoms with Crippen molar-refractivity contribution in [1.29, 1.82) is 0 Å². The van der Waals surface area contributed by atoms with E-state index in [0.717, 1.165) is 0 Å². The highest BCUT2D eigenvalue weighted by Gasteiger charge is 2.45. The van der Waals surface area contributed by atoms with E-state index < -0.39 is 9.21 Å². The number of hydrogen-bond donors (Lipinski definition) is 0. The Bertz CT molecular complexity index is 319. The summed E-state index contributed by atoms with van der Waals surface area (Å²) in [4.78, 5) is 9.57. The summed E-state index contributed by atoms with van der Waals surface area (Å²) in [6.45, 7) is 1.61. The molecule has 0 radical (unpaired) electrons. The molecular formula is C10H9Cl3O. The van der Waals surface area contributed by atoms with E-state index >= 15 is 0 Å². The fraction of sp³-hybridized carbons (Fsp3) is 0.300. The van der Waals surface area contributed by atoms with E-state index in [1.807, 2.05) is 18.2 Å². The van der Waals surface area contributed by atoms with Gasteiger partial charge in [-0.15, -0.1) is 11.6 Å².